The summed E-state index contributed by atoms with van der Waals surface area (Å²) in [6.45, 7) is 2.43. The molecule has 0 aliphatic heterocycles. The first-order valence-electron chi connectivity index (χ1n) is 11.6. The number of nitrogens with zero attached hydrogens (tertiary/aromatic N) is 1. The van der Waals surface area contributed by atoms with Crippen molar-refractivity contribution in [2.24, 2.45) is 0 Å². The minimum atomic E-state index is -0.578. The van der Waals surface area contributed by atoms with Crippen LogP contribution in [0.4, 0.5) is 10.1 Å². The molecular formula is C29H26FNO5. The Kier molecular flexibility index (Phi) is 7.29. The fourth-order valence-corrected chi connectivity index (χ4v) is 4.35. The Bertz CT molecular complexity index is 1350. The molecule has 0 heterocycles. The second-order valence-electron chi connectivity index (χ2n) is 8.63. The molecule has 184 valence electrons. The van der Waals surface area contributed by atoms with Crippen molar-refractivity contribution in [3.05, 3.63) is 106 Å². The molecule has 0 spiro atoms. The molecule has 0 unspecified atom stereocenters. The lowest BCUT2D eigenvalue weighted by molar-refractivity contribution is -0.120. The highest BCUT2D eigenvalue weighted by Gasteiger charge is 2.32. The van der Waals surface area contributed by atoms with E-state index in [-0.39, 0.29) is 30.6 Å². The summed E-state index contributed by atoms with van der Waals surface area (Å²) in [5.41, 5.74) is 2.69. The zero-order valence-electron chi connectivity index (χ0n) is 20.1. The fraction of sp³-hybridized carbons (Fsp3) is 0.207. The molecule has 0 fully saturated rings. The van der Waals surface area contributed by atoms with E-state index in [1.165, 1.54) is 18.2 Å². The number of halogens is 1. The van der Waals surface area contributed by atoms with Crippen molar-refractivity contribution >= 4 is 29.0 Å². The van der Waals surface area contributed by atoms with Crippen LogP contribution < -0.4 is 4.90 Å². The number of benzene rings is 3. The van der Waals surface area contributed by atoms with Gasteiger partial charge in [-0.1, -0.05) is 42.5 Å². The number of carbonyl (C=O) groups excluding carboxylic acids is 3. The van der Waals surface area contributed by atoms with E-state index in [9.17, 15) is 23.9 Å². The topological polar surface area (TPSA) is 83.9 Å². The van der Waals surface area contributed by atoms with Crippen molar-refractivity contribution in [2.45, 2.75) is 26.3 Å². The van der Waals surface area contributed by atoms with Crippen LogP contribution in [0, 0.1) is 5.82 Å². The Balaban J connectivity index is 1.61. The second kappa shape index (κ2) is 10.6. The van der Waals surface area contributed by atoms with E-state index in [1.54, 1.807) is 26.1 Å². The summed E-state index contributed by atoms with van der Waals surface area (Å²) in [7, 11) is 1.79. The molecule has 0 atom stereocenters. The van der Waals surface area contributed by atoms with Crippen LogP contribution in [-0.4, -0.2) is 36.3 Å². The van der Waals surface area contributed by atoms with Crippen molar-refractivity contribution in [3.8, 4) is 0 Å². The van der Waals surface area contributed by atoms with Crippen molar-refractivity contribution in [1.82, 2.24) is 0 Å². The number of aliphatic hydroxyl groups is 1. The number of fused-ring (bicyclic) bond motifs is 1. The average Bonchev–Trinajstić information content (AvgIpc) is 2.85. The molecule has 0 bridgehead atoms. The highest BCUT2D eigenvalue weighted by Crippen LogP contribution is 2.36. The summed E-state index contributed by atoms with van der Waals surface area (Å²) >= 11 is 0. The van der Waals surface area contributed by atoms with Gasteiger partial charge in [-0.15, -0.1) is 0 Å². The van der Waals surface area contributed by atoms with Crippen molar-refractivity contribution in [3.63, 3.8) is 0 Å². The Labute approximate surface area is 208 Å². The molecule has 1 aliphatic carbocycles. The first-order valence-corrected chi connectivity index (χ1v) is 11.6. The second-order valence-corrected chi connectivity index (χ2v) is 8.63. The molecule has 0 amide bonds. The van der Waals surface area contributed by atoms with Gasteiger partial charge in [-0.3, -0.25) is 9.59 Å². The molecule has 3 aromatic carbocycles. The smallest absolute Gasteiger partial charge is 0.338 e. The summed E-state index contributed by atoms with van der Waals surface area (Å²) in [6.07, 6.45) is -0.281. The van der Waals surface area contributed by atoms with Crippen molar-refractivity contribution < 1.29 is 28.6 Å². The third-order valence-electron chi connectivity index (χ3n) is 6.08. The lowest BCUT2D eigenvalue weighted by atomic mass is 9.85. The van der Waals surface area contributed by atoms with E-state index in [0.29, 0.717) is 28.9 Å². The highest BCUT2D eigenvalue weighted by molar-refractivity contribution is 6.27. The minimum absolute atomic E-state index is 0.128. The molecule has 0 aromatic heterocycles. The molecular weight excluding hydrogens is 461 g/mol. The SMILES string of the molecule is CCOC(=O)c1ccc(CC(=O)C2=C(O)c3cc(F)cc(N(C)Cc4ccccc4)c3CC2=O)cc1. The Morgan fingerprint density at radius 1 is 1.03 bits per heavy atom. The normalized spacial score (nSPS) is 12.8. The van der Waals surface area contributed by atoms with E-state index in [4.69, 9.17) is 4.74 Å². The van der Waals surface area contributed by atoms with Gasteiger partial charge in [0.05, 0.1) is 12.2 Å². The number of Topliss-reactive ketones (excluding diaryl/α,β-unsaturated/α-hetero) is 2. The predicted octanol–water partition coefficient (Wildman–Crippen LogP) is 4.84. The predicted molar refractivity (Wildman–Crippen MR) is 134 cm³/mol. The van der Waals surface area contributed by atoms with Crippen molar-refractivity contribution in [1.29, 1.82) is 0 Å². The minimum Gasteiger partial charge on any atom is -0.506 e. The Hall–Kier alpha value is -4.26. The van der Waals surface area contributed by atoms with Crippen molar-refractivity contribution in [2.75, 3.05) is 18.6 Å². The van der Waals surface area contributed by atoms with E-state index in [1.807, 2.05) is 35.2 Å². The van der Waals surface area contributed by atoms with Gasteiger partial charge in [0.2, 0.25) is 0 Å². The van der Waals surface area contributed by atoms with Gasteiger partial charge in [0.25, 0.3) is 0 Å². The molecule has 0 radical (unpaired) electrons. The third-order valence-corrected chi connectivity index (χ3v) is 6.08. The number of aliphatic hydroxyl groups excluding tert-OH is 1. The van der Waals surface area contributed by atoms with Crippen LogP contribution >= 0.6 is 0 Å². The number of hydrogen-bond donors (Lipinski definition) is 1. The monoisotopic (exact) mass is 487 g/mol. The molecule has 1 aliphatic rings. The molecule has 36 heavy (non-hydrogen) atoms. The zero-order valence-corrected chi connectivity index (χ0v) is 20.1. The van der Waals surface area contributed by atoms with Crippen LogP contribution in [-0.2, 0) is 33.7 Å². The van der Waals surface area contributed by atoms with Gasteiger partial charge >= 0.3 is 5.97 Å². The molecule has 0 saturated carbocycles. The Morgan fingerprint density at radius 2 is 1.72 bits per heavy atom. The zero-order chi connectivity index (χ0) is 25.8. The van der Waals surface area contributed by atoms with Gasteiger partial charge in [0.15, 0.2) is 11.6 Å². The maximum Gasteiger partial charge on any atom is 0.338 e. The van der Waals surface area contributed by atoms with E-state index in [0.717, 1.165) is 11.6 Å². The highest BCUT2D eigenvalue weighted by atomic mass is 19.1. The lowest BCUT2D eigenvalue weighted by Crippen LogP contribution is -2.26. The number of allylic oxidation sites excluding steroid dienone is 1. The number of ether oxygens (including phenoxy) is 1. The lowest BCUT2D eigenvalue weighted by Gasteiger charge is -2.27. The van der Waals surface area contributed by atoms with Gasteiger partial charge in [0, 0.05) is 37.7 Å². The maximum atomic E-state index is 14.6. The number of hydrogen-bond acceptors (Lipinski definition) is 6. The van der Waals surface area contributed by atoms with Gasteiger partial charge in [-0.05, 0) is 47.9 Å². The van der Waals surface area contributed by atoms with E-state index in [2.05, 4.69) is 0 Å². The number of anilines is 1. The van der Waals surface area contributed by atoms with Crippen LogP contribution in [0.15, 0.2) is 72.3 Å². The van der Waals surface area contributed by atoms with Crippen LogP contribution in [0.5, 0.6) is 0 Å². The number of carbonyl (C=O) groups is 3. The number of rotatable bonds is 8. The quantitative estimate of drug-likeness (QED) is 0.361. The molecule has 3 aromatic rings. The summed E-state index contributed by atoms with van der Waals surface area (Å²) in [4.78, 5) is 39.7. The fourth-order valence-electron chi connectivity index (χ4n) is 4.35. The van der Waals surface area contributed by atoms with Crippen LogP contribution in [0.2, 0.25) is 0 Å². The molecule has 1 N–H and O–H groups in total. The Morgan fingerprint density at radius 3 is 2.39 bits per heavy atom. The largest absolute Gasteiger partial charge is 0.506 e. The first kappa shape index (κ1) is 24.9. The van der Waals surface area contributed by atoms with Crippen LogP contribution in [0.1, 0.15) is 39.5 Å². The van der Waals surface area contributed by atoms with Crippen LogP contribution in [0.25, 0.3) is 5.76 Å². The molecule has 4 rings (SSSR count). The van der Waals surface area contributed by atoms with E-state index >= 15 is 0 Å². The summed E-state index contributed by atoms with van der Waals surface area (Å²) in [6, 6.07) is 18.4. The van der Waals surface area contributed by atoms with Gasteiger partial charge in [0.1, 0.15) is 17.1 Å². The number of ketones is 2. The molecule has 0 saturated heterocycles. The van der Waals surface area contributed by atoms with Gasteiger partial charge < -0.3 is 14.7 Å². The third kappa shape index (κ3) is 5.20. The summed E-state index contributed by atoms with van der Waals surface area (Å²) in [5, 5.41) is 10.9. The van der Waals surface area contributed by atoms with Gasteiger partial charge in [-0.25, -0.2) is 9.18 Å². The first-order chi connectivity index (χ1) is 17.3. The average molecular weight is 488 g/mol. The summed E-state index contributed by atoms with van der Waals surface area (Å²) in [5.74, 6) is -2.65. The molecule has 6 nitrogen and oxygen atoms in total. The van der Waals surface area contributed by atoms with E-state index < -0.39 is 29.1 Å². The van der Waals surface area contributed by atoms with Crippen LogP contribution in [0.3, 0.4) is 0 Å². The molecule has 7 heteroatoms. The maximum absolute atomic E-state index is 14.6. The number of esters is 1. The standard InChI is InChI=1S/C29H26FNO5/c1-3-36-29(35)20-11-9-18(10-12-20)13-25(32)27-26(33)16-22-23(28(27)34)14-21(30)15-24(22)31(2)17-19-7-5-4-6-8-19/h4-12,14-15,34H,3,13,16-17H2,1-2H3. The summed E-state index contributed by atoms with van der Waals surface area (Å²) < 4.78 is 19.5. The van der Waals surface area contributed by atoms with Gasteiger partial charge in [-0.2, -0.15) is 0 Å².